The Morgan fingerprint density at radius 3 is 2.70 bits per heavy atom. The maximum absolute atomic E-state index is 6.28. The van der Waals surface area contributed by atoms with Crippen LogP contribution in [0.3, 0.4) is 0 Å². The zero-order valence-electron chi connectivity index (χ0n) is 11.7. The van der Waals surface area contributed by atoms with Gasteiger partial charge in [0.2, 0.25) is 0 Å². The van der Waals surface area contributed by atoms with Gasteiger partial charge in [0.25, 0.3) is 0 Å². The molecule has 2 rings (SSSR count). The first kappa shape index (κ1) is 14.8. The Hall–Kier alpha value is -1.65. The molecule has 0 saturated carbocycles. The van der Waals surface area contributed by atoms with Crippen molar-refractivity contribution in [3.8, 4) is 11.3 Å². The highest BCUT2D eigenvalue weighted by Crippen LogP contribution is 2.32. The molecule has 2 aromatic rings. The Morgan fingerprint density at radius 2 is 2.05 bits per heavy atom. The molecule has 20 heavy (non-hydrogen) atoms. The molecule has 0 bridgehead atoms. The summed E-state index contributed by atoms with van der Waals surface area (Å²) in [5.41, 5.74) is 8.12. The van der Waals surface area contributed by atoms with E-state index in [9.17, 15) is 0 Å². The van der Waals surface area contributed by atoms with E-state index in [-0.39, 0.29) is 5.92 Å². The van der Waals surface area contributed by atoms with Crippen molar-refractivity contribution in [1.29, 1.82) is 0 Å². The topological polar surface area (TPSA) is 63.8 Å². The van der Waals surface area contributed by atoms with E-state index < -0.39 is 0 Å². The number of hydrogen-bond donors (Lipinski definition) is 2. The molecule has 4 nitrogen and oxygen atoms in total. The Kier molecular flexibility index (Phi) is 4.93. The number of benzene rings is 1. The summed E-state index contributed by atoms with van der Waals surface area (Å²) in [6, 6.07) is 7.68. The van der Waals surface area contributed by atoms with Gasteiger partial charge in [0, 0.05) is 24.6 Å². The molecule has 1 aromatic heterocycles. The van der Waals surface area contributed by atoms with E-state index in [0.717, 1.165) is 22.8 Å². The molecule has 0 unspecified atom stereocenters. The van der Waals surface area contributed by atoms with E-state index in [2.05, 4.69) is 29.1 Å². The second-order valence-electron chi connectivity index (χ2n) is 4.84. The van der Waals surface area contributed by atoms with Crippen LogP contribution in [0.4, 0.5) is 5.69 Å². The van der Waals surface area contributed by atoms with Crippen LogP contribution in [0.2, 0.25) is 5.02 Å². The zero-order valence-corrected chi connectivity index (χ0v) is 12.5. The molecular formula is C15H19ClN4. The molecule has 0 fully saturated rings. The van der Waals surface area contributed by atoms with Crippen molar-refractivity contribution in [2.45, 2.75) is 19.8 Å². The number of nitrogens with zero attached hydrogens (tertiary/aromatic N) is 2. The van der Waals surface area contributed by atoms with Crippen LogP contribution >= 0.6 is 11.6 Å². The van der Waals surface area contributed by atoms with Crippen molar-refractivity contribution >= 4 is 17.3 Å². The van der Waals surface area contributed by atoms with E-state index in [4.69, 9.17) is 17.3 Å². The standard InChI is InChI=1S/C15H19ClN4/c1-10(2)15-19-9-13(18-8-7-17)14(20-15)11-5-3-4-6-12(11)16/h3-6,9-10,18H,7-8,17H2,1-2H3. The second-order valence-corrected chi connectivity index (χ2v) is 5.25. The summed E-state index contributed by atoms with van der Waals surface area (Å²) in [5.74, 6) is 1.07. The Bertz CT molecular complexity index is 584. The fourth-order valence-corrected chi connectivity index (χ4v) is 2.09. The summed E-state index contributed by atoms with van der Waals surface area (Å²) in [6.45, 7) is 5.35. The van der Waals surface area contributed by atoms with Crippen molar-refractivity contribution in [3.63, 3.8) is 0 Å². The van der Waals surface area contributed by atoms with E-state index >= 15 is 0 Å². The molecule has 0 amide bonds. The zero-order chi connectivity index (χ0) is 14.5. The lowest BCUT2D eigenvalue weighted by molar-refractivity contribution is 0.776. The molecule has 106 valence electrons. The highest BCUT2D eigenvalue weighted by molar-refractivity contribution is 6.33. The van der Waals surface area contributed by atoms with E-state index in [1.165, 1.54) is 0 Å². The van der Waals surface area contributed by atoms with Crippen molar-refractivity contribution in [2.75, 3.05) is 18.4 Å². The first-order chi connectivity index (χ1) is 9.63. The second kappa shape index (κ2) is 6.68. The molecule has 0 aliphatic carbocycles. The third-order valence-electron chi connectivity index (χ3n) is 2.91. The van der Waals surface area contributed by atoms with Crippen molar-refractivity contribution in [3.05, 3.63) is 41.3 Å². The molecule has 0 aliphatic rings. The van der Waals surface area contributed by atoms with Crippen molar-refractivity contribution in [2.24, 2.45) is 5.73 Å². The van der Waals surface area contributed by atoms with Gasteiger partial charge in [-0.25, -0.2) is 9.97 Å². The molecular weight excluding hydrogens is 272 g/mol. The van der Waals surface area contributed by atoms with Crippen LogP contribution in [-0.2, 0) is 0 Å². The van der Waals surface area contributed by atoms with E-state index in [1.54, 1.807) is 6.20 Å². The third-order valence-corrected chi connectivity index (χ3v) is 3.24. The molecule has 0 aliphatic heterocycles. The first-order valence-electron chi connectivity index (χ1n) is 6.69. The van der Waals surface area contributed by atoms with Gasteiger partial charge >= 0.3 is 0 Å². The van der Waals surface area contributed by atoms with Gasteiger partial charge in [-0.3, -0.25) is 0 Å². The number of nitrogens with one attached hydrogen (secondary N) is 1. The SMILES string of the molecule is CC(C)c1ncc(NCCN)c(-c2ccccc2Cl)n1. The van der Waals surface area contributed by atoms with Crippen LogP contribution in [0.5, 0.6) is 0 Å². The minimum absolute atomic E-state index is 0.264. The number of halogens is 1. The van der Waals surface area contributed by atoms with E-state index in [0.29, 0.717) is 18.1 Å². The van der Waals surface area contributed by atoms with Gasteiger partial charge in [0.15, 0.2) is 0 Å². The van der Waals surface area contributed by atoms with Gasteiger partial charge in [0.1, 0.15) is 5.82 Å². The van der Waals surface area contributed by atoms with Crippen LogP contribution in [0.25, 0.3) is 11.3 Å². The van der Waals surface area contributed by atoms with Gasteiger partial charge in [0.05, 0.1) is 22.6 Å². The van der Waals surface area contributed by atoms with Gasteiger partial charge in [-0.2, -0.15) is 0 Å². The first-order valence-corrected chi connectivity index (χ1v) is 7.07. The number of hydrogen-bond acceptors (Lipinski definition) is 4. The molecule has 0 spiro atoms. The van der Waals surface area contributed by atoms with Crippen LogP contribution in [0.15, 0.2) is 30.5 Å². The smallest absolute Gasteiger partial charge is 0.131 e. The maximum atomic E-state index is 6.28. The number of anilines is 1. The quantitative estimate of drug-likeness (QED) is 0.887. The summed E-state index contributed by atoms with van der Waals surface area (Å²) in [4.78, 5) is 9.05. The van der Waals surface area contributed by atoms with Crippen LogP contribution in [0, 0.1) is 0 Å². The predicted octanol–water partition coefficient (Wildman–Crippen LogP) is 3.29. The Morgan fingerprint density at radius 1 is 1.30 bits per heavy atom. The lowest BCUT2D eigenvalue weighted by Crippen LogP contribution is -2.14. The molecule has 1 aromatic carbocycles. The van der Waals surface area contributed by atoms with Crippen LogP contribution < -0.4 is 11.1 Å². The van der Waals surface area contributed by atoms with Crippen molar-refractivity contribution < 1.29 is 0 Å². The predicted molar refractivity (Wildman–Crippen MR) is 84.1 cm³/mol. The summed E-state index contributed by atoms with van der Waals surface area (Å²) in [6.07, 6.45) is 1.80. The molecule has 5 heteroatoms. The van der Waals surface area contributed by atoms with Gasteiger partial charge in [-0.1, -0.05) is 43.6 Å². The lowest BCUT2D eigenvalue weighted by atomic mass is 10.1. The number of rotatable bonds is 5. The molecule has 0 atom stereocenters. The molecule has 0 radical (unpaired) electrons. The molecule has 0 saturated heterocycles. The fraction of sp³-hybridized carbons (Fsp3) is 0.333. The summed E-state index contributed by atoms with van der Waals surface area (Å²) >= 11 is 6.28. The largest absolute Gasteiger partial charge is 0.381 e. The minimum Gasteiger partial charge on any atom is -0.381 e. The van der Waals surface area contributed by atoms with Crippen LogP contribution in [-0.4, -0.2) is 23.1 Å². The van der Waals surface area contributed by atoms with Gasteiger partial charge in [-0.15, -0.1) is 0 Å². The molecule has 1 heterocycles. The van der Waals surface area contributed by atoms with Gasteiger partial charge in [-0.05, 0) is 6.07 Å². The van der Waals surface area contributed by atoms with Crippen molar-refractivity contribution in [1.82, 2.24) is 9.97 Å². The van der Waals surface area contributed by atoms with Crippen LogP contribution in [0.1, 0.15) is 25.6 Å². The van der Waals surface area contributed by atoms with Gasteiger partial charge < -0.3 is 11.1 Å². The Labute approximate surface area is 124 Å². The number of aromatic nitrogens is 2. The average Bonchev–Trinajstić information content (AvgIpc) is 2.45. The highest BCUT2D eigenvalue weighted by Gasteiger charge is 2.13. The lowest BCUT2D eigenvalue weighted by Gasteiger charge is -2.14. The summed E-state index contributed by atoms with van der Waals surface area (Å²) in [7, 11) is 0. The number of nitrogens with two attached hydrogens (primary N) is 1. The monoisotopic (exact) mass is 290 g/mol. The summed E-state index contributed by atoms with van der Waals surface area (Å²) in [5, 5.41) is 3.92. The average molecular weight is 291 g/mol. The highest BCUT2D eigenvalue weighted by atomic mass is 35.5. The van der Waals surface area contributed by atoms with E-state index in [1.807, 2.05) is 24.3 Å². The Balaban J connectivity index is 2.51. The minimum atomic E-state index is 0.264. The normalized spacial score (nSPS) is 10.8. The fourth-order valence-electron chi connectivity index (χ4n) is 1.87. The third kappa shape index (κ3) is 3.26. The molecule has 3 N–H and O–H groups in total. The maximum Gasteiger partial charge on any atom is 0.131 e. The summed E-state index contributed by atoms with van der Waals surface area (Å²) < 4.78 is 0.